The molecule has 8 heteroatoms. The fraction of sp³-hybridized carbons (Fsp3) is 0.214. The standard InChI is InChI=1S/C28H28N6O2/c35-27-11-10-25(31-34(27)23-6-2-1-3-7-23)28(36)30-24-8-4-5-9-26(24)33-20-18-32(19-21-33)17-14-22-12-15-29-16-13-22/h1-13,15-16H,14,17-21H2,(H,30,36). The average molecular weight is 481 g/mol. The zero-order valence-electron chi connectivity index (χ0n) is 20.0. The summed E-state index contributed by atoms with van der Waals surface area (Å²) in [5.41, 5.74) is 3.50. The second-order valence-electron chi connectivity index (χ2n) is 8.71. The van der Waals surface area contributed by atoms with E-state index in [4.69, 9.17) is 0 Å². The molecule has 0 atom stereocenters. The molecule has 5 rings (SSSR count). The number of hydrogen-bond donors (Lipinski definition) is 1. The smallest absolute Gasteiger partial charge is 0.276 e. The van der Waals surface area contributed by atoms with Crippen LogP contribution in [0.25, 0.3) is 5.69 Å². The maximum absolute atomic E-state index is 13.1. The number of hydrogen-bond acceptors (Lipinski definition) is 6. The summed E-state index contributed by atoms with van der Waals surface area (Å²) in [7, 11) is 0. The highest BCUT2D eigenvalue weighted by Crippen LogP contribution is 2.27. The number of amides is 1. The molecule has 1 saturated heterocycles. The zero-order chi connectivity index (χ0) is 24.7. The van der Waals surface area contributed by atoms with Crippen LogP contribution in [-0.4, -0.2) is 58.3 Å². The van der Waals surface area contributed by atoms with E-state index in [1.54, 1.807) is 12.1 Å². The first-order valence-corrected chi connectivity index (χ1v) is 12.1. The van der Waals surface area contributed by atoms with Crippen LogP contribution in [0.4, 0.5) is 11.4 Å². The predicted octanol–water partition coefficient (Wildman–Crippen LogP) is 3.24. The van der Waals surface area contributed by atoms with Gasteiger partial charge in [-0.2, -0.15) is 9.78 Å². The Morgan fingerprint density at radius 1 is 0.833 bits per heavy atom. The third-order valence-electron chi connectivity index (χ3n) is 6.36. The van der Waals surface area contributed by atoms with E-state index in [9.17, 15) is 9.59 Å². The number of carbonyl (C=O) groups excluding carboxylic acids is 1. The van der Waals surface area contributed by atoms with Gasteiger partial charge in [-0.25, -0.2) is 0 Å². The van der Waals surface area contributed by atoms with E-state index in [1.807, 2.05) is 54.9 Å². The van der Waals surface area contributed by atoms with Crippen LogP contribution in [0.3, 0.4) is 0 Å². The summed E-state index contributed by atoms with van der Waals surface area (Å²) in [5.74, 6) is -0.358. The normalized spacial score (nSPS) is 13.9. The van der Waals surface area contributed by atoms with Crippen LogP contribution < -0.4 is 15.8 Å². The van der Waals surface area contributed by atoms with Crippen molar-refractivity contribution in [1.29, 1.82) is 0 Å². The van der Waals surface area contributed by atoms with Crippen molar-refractivity contribution in [3.8, 4) is 5.69 Å². The number of rotatable bonds is 7. The molecule has 2 aromatic heterocycles. The van der Waals surface area contributed by atoms with E-state index in [2.05, 4.69) is 37.3 Å². The highest BCUT2D eigenvalue weighted by molar-refractivity contribution is 6.04. The van der Waals surface area contributed by atoms with Gasteiger partial charge in [0.2, 0.25) is 0 Å². The van der Waals surface area contributed by atoms with Crippen LogP contribution in [0.15, 0.2) is 96.1 Å². The van der Waals surface area contributed by atoms with E-state index < -0.39 is 0 Å². The van der Waals surface area contributed by atoms with E-state index in [-0.39, 0.29) is 17.2 Å². The zero-order valence-corrected chi connectivity index (χ0v) is 20.0. The molecule has 2 aromatic carbocycles. The molecule has 182 valence electrons. The molecule has 0 aliphatic carbocycles. The maximum Gasteiger partial charge on any atom is 0.276 e. The highest BCUT2D eigenvalue weighted by atomic mass is 16.2. The monoisotopic (exact) mass is 480 g/mol. The Kier molecular flexibility index (Phi) is 7.14. The van der Waals surface area contributed by atoms with Gasteiger partial charge in [-0.3, -0.25) is 19.5 Å². The largest absolute Gasteiger partial charge is 0.367 e. The number of carbonyl (C=O) groups is 1. The Labute approximate surface area is 209 Å². The number of nitrogens with zero attached hydrogens (tertiary/aromatic N) is 5. The number of benzene rings is 2. The fourth-order valence-electron chi connectivity index (χ4n) is 4.38. The summed E-state index contributed by atoms with van der Waals surface area (Å²) in [5, 5.41) is 7.31. The lowest BCUT2D eigenvalue weighted by atomic mass is 10.1. The molecule has 1 N–H and O–H groups in total. The topological polar surface area (TPSA) is 83.4 Å². The molecule has 3 heterocycles. The van der Waals surface area contributed by atoms with Crippen molar-refractivity contribution in [2.45, 2.75) is 6.42 Å². The molecule has 1 aliphatic rings. The number of pyridine rings is 1. The van der Waals surface area contributed by atoms with Gasteiger partial charge in [0.1, 0.15) is 5.69 Å². The lowest BCUT2D eigenvalue weighted by molar-refractivity contribution is 0.102. The molecule has 0 unspecified atom stereocenters. The molecule has 36 heavy (non-hydrogen) atoms. The van der Waals surface area contributed by atoms with E-state index in [1.165, 1.54) is 22.4 Å². The molecular formula is C28H28N6O2. The van der Waals surface area contributed by atoms with Crippen molar-refractivity contribution < 1.29 is 4.79 Å². The summed E-state index contributed by atoms with van der Waals surface area (Å²) in [4.78, 5) is 34.3. The number of anilines is 2. The first-order chi connectivity index (χ1) is 17.7. The molecular weight excluding hydrogens is 452 g/mol. The summed E-state index contributed by atoms with van der Waals surface area (Å²) in [6.45, 7) is 4.67. The van der Waals surface area contributed by atoms with Gasteiger partial charge in [0.25, 0.3) is 11.5 Å². The molecule has 0 saturated carbocycles. The van der Waals surface area contributed by atoms with Crippen LogP contribution in [0, 0.1) is 0 Å². The Morgan fingerprint density at radius 3 is 2.33 bits per heavy atom. The summed E-state index contributed by atoms with van der Waals surface area (Å²) >= 11 is 0. The molecule has 1 amide bonds. The fourth-order valence-corrected chi connectivity index (χ4v) is 4.38. The van der Waals surface area contributed by atoms with Gasteiger partial charge in [0.15, 0.2) is 0 Å². The number of aromatic nitrogens is 3. The Hall–Kier alpha value is -4.30. The van der Waals surface area contributed by atoms with Crippen LogP contribution in [0.2, 0.25) is 0 Å². The van der Waals surface area contributed by atoms with Gasteiger partial charge in [0, 0.05) is 51.2 Å². The quantitative estimate of drug-likeness (QED) is 0.437. The molecule has 0 spiro atoms. The minimum absolute atomic E-state index is 0.175. The van der Waals surface area contributed by atoms with Crippen molar-refractivity contribution in [3.63, 3.8) is 0 Å². The number of nitrogens with one attached hydrogen (secondary N) is 1. The van der Waals surface area contributed by atoms with Gasteiger partial charge in [-0.1, -0.05) is 30.3 Å². The van der Waals surface area contributed by atoms with E-state index in [0.29, 0.717) is 5.69 Å². The number of para-hydroxylation sites is 3. The third-order valence-corrected chi connectivity index (χ3v) is 6.36. The van der Waals surface area contributed by atoms with Gasteiger partial charge in [-0.15, -0.1) is 0 Å². The van der Waals surface area contributed by atoms with Crippen LogP contribution >= 0.6 is 0 Å². The van der Waals surface area contributed by atoms with Crippen molar-refractivity contribution >= 4 is 17.3 Å². The number of piperazine rings is 1. The lowest BCUT2D eigenvalue weighted by Crippen LogP contribution is -2.47. The van der Waals surface area contributed by atoms with Gasteiger partial charge >= 0.3 is 0 Å². The van der Waals surface area contributed by atoms with Gasteiger partial charge in [-0.05, 0) is 54.4 Å². The van der Waals surface area contributed by atoms with E-state index >= 15 is 0 Å². The SMILES string of the molecule is O=C(Nc1ccccc1N1CCN(CCc2ccncc2)CC1)c1ccc(=O)n(-c2ccccc2)n1. The minimum Gasteiger partial charge on any atom is -0.367 e. The van der Waals surface area contributed by atoms with Crippen LogP contribution in [0.5, 0.6) is 0 Å². The van der Waals surface area contributed by atoms with E-state index in [0.717, 1.165) is 50.5 Å². The minimum atomic E-state index is -0.358. The third kappa shape index (κ3) is 5.50. The van der Waals surface area contributed by atoms with Crippen LogP contribution in [0.1, 0.15) is 16.1 Å². The van der Waals surface area contributed by atoms with Gasteiger partial charge < -0.3 is 10.2 Å². The predicted molar refractivity (Wildman–Crippen MR) is 141 cm³/mol. The van der Waals surface area contributed by atoms with Crippen LogP contribution in [-0.2, 0) is 6.42 Å². The molecule has 8 nitrogen and oxygen atoms in total. The molecule has 0 bridgehead atoms. The van der Waals surface area contributed by atoms with Crippen molar-refractivity contribution in [2.24, 2.45) is 0 Å². The Morgan fingerprint density at radius 2 is 1.56 bits per heavy atom. The second-order valence-corrected chi connectivity index (χ2v) is 8.71. The lowest BCUT2D eigenvalue weighted by Gasteiger charge is -2.37. The van der Waals surface area contributed by atoms with Crippen molar-refractivity contribution in [2.75, 3.05) is 42.9 Å². The molecule has 1 aliphatic heterocycles. The van der Waals surface area contributed by atoms with Gasteiger partial charge in [0.05, 0.1) is 17.1 Å². The first kappa shape index (κ1) is 23.4. The summed E-state index contributed by atoms with van der Waals surface area (Å²) in [6, 6.07) is 23.8. The summed E-state index contributed by atoms with van der Waals surface area (Å²) < 4.78 is 1.24. The Bertz CT molecular complexity index is 1370. The highest BCUT2D eigenvalue weighted by Gasteiger charge is 2.20. The molecule has 4 aromatic rings. The van der Waals surface area contributed by atoms with Crippen molar-refractivity contribution in [1.82, 2.24) is 19.7 Å². The second kappa shape index (κ2) is 11.0. The molecule has 1 fully saturated rings. The maximum atomic E-state index is 13.1. The first-order valence-electron chi connectivity index (χ1n) is 12.1. The summed E-state index contributed by atoms with van der Waals surface area (Å²) in [6.07, 6.45) is 4.68. The Balaban J connectivity index is 1.25. The van der Waals surface area contributed by atoms with Crippen molar-refractivity contribution in [3.05, 3.63) is 113 Å². The molecule has 0 radical (unpaired) electrons. The average Bonchev–Trinajstić information content (AvgIpc) is 2.94.